The van der Waals surface area contributed by atoms with Gasteiger partial charge in [-0.25, -0.2) is 0 Å². The lowest BCUT2D eigenvalue weighted by Crippen LogP contribution is -2.19. The van der Waals surface area contributed by atoms with E-state index in [1.807, 2.05) is 0 Å². The number of nitrogens with one attached hydrogen (secondary N) is 2. The third kappa shape index (κ3) is 2.24. The van der Waals surface area contributed by atoms with Gasteiger partial charge in [-0.15, -0.1) is 0 Å². The predicted octanol–water partition coefficient (Wildman–Crippen LogP) is 1.88. The molecule has 3 aromatic rings. The van der Waals surface area contributed by atoms with Crippen LogP contribution in [0.5, 0.6) is 0 Å². The molecular weight excluding hydrogens is 262 g/mol. The standard InChI is InChI=1S/C13H9N3O4/c17-12-8(3-1-5-14-12)15-13(18)9-7-11(20-16-9)10-4-2-6-19-10/h1-7H,(H,14,17)(H,15,18). The van der Waals surface area contributed by atoms with E-state index < -0.39 is 11.5 Å². The first-order valence-corrected chi connectivity index (χ1v) is 5.74. The first-order chi connectivity index (χ1) is 9.74. The van der Waals surface area contributed by atoms with Gasteiger partial charge in [0.05, 0.1) is 6.26 Å². The third-order valence-electron chi connectivity index (χ3n) is 2.57. The lowest BCUT2D eigenvalue weighted by atomic mass is 10.3. The van der Waals surface area contributed by atoms with Crippen LogP contribution in [-0.2, 0) is 0 Å². The van der Waals surface area contributed by atoms with E-state index in [-0.39, 0.29) is 11.4 Å². The summed E-state index contributed by atoms with van der Waals surface area (Å²) in [6, 6.07) is 7.91. The normalized spacial score (nSPS) is 10.4. The van der Waals surface area contributed by atoms with Gasteiger partial charge in [0.25, 0.3) is 11.5 Å². The molecule has 0 saturated carbocycles. The van der Waals surface area contributed by atoms with Crippen molar-refractivity contribution < 1.29 is 13.7 Å². The van der Waals surface area contributed by atoms with Gasteiger partial charge in [0.1, 0.15) is 5.69 Å². The van der Waals surface area contributed by atoms with E-state index in [0.29, 0.717) is 11.5 Å². The van der Waals surface area contributed by atoms with Crippen LogP contribution in [0.1, 0.15) is 10.5 Å². The summed E-state index contributed by atoms with van der Waals surface area (Å²) in [5.74, 6) is 0.263. The van der Waals surface area contributed by atoms with Crippen LogP contribution in [0.3, 0.4) is 0 Å². The fraction of sp³-hybridized carbons (Fsp3) is 0. The zero-order valence-corrected chi connectivity index (χ0v) is 10.1. The Morgan fingerprint density at radius 2 is 2.15 bits per heavy atom. The Balaban J connectivity index is 1.82. The summed E-state index contributed by atoms with van der Waals surface area (Å²) >= 11 is 0. The smallest absolute Gasteiger partial charge is 0.278 e. The number of pyridine rings is 1. The maximum atomic E-state index is 11.9. The van der Waals surface area contributed by atoms with Crippen molar-refractivity contribution in [3.8, 4) is 11.5 Å². The van der Waals surface area contributed by atoms with Crippen molar-refractivity contribution in [3.05, 3.63) is 58.8 Å². The summed E-state index contributed by atoms with van der Waals surface area (Å²) in [4.78, 5) is 25.8. The number of rotatable bonds is 3. The summed E-state index contributed by atoms with van der Waals surface area (Å²) in [6.07, 6.45) is 2.96. The molecular formula is C13H9N3O4. The average molecular weight is 271 g/mol. The van der Waals surface area contributed by atoms with E-state index in [9.17, 15) is 9.59 Å². The summed E-state index contributed by atoms with van der Waals surface area (Å²) in [5.41, 5.74) is -0.199. The first-order valence-electron chi connectivity index (χ1n) is 5.74. The van der Waals surface area contributed by atoms with Gasteiger partial charge in [-0.2, -0.15) is 0 Å². The SMILES string of the molecule is O=C(Nc1ccc[nH]c1=O)c1cc(-c2ccco2)on1. The number of aromatic nitrogens is 2. The number of hydrogen-bond acceptors (Lipinski definition) is 5. The molecule has 20 heavy (non-hydrogen) atoms. The molecule has 3 heterocycles. The highest BCUT2D eigenvalue weighted by molar-refractivity contribution is 6.03. The molecule has 0 aliphatic carbocycles. The second kappa shape index (κ2) is 4.88. The van der Waals surface area contributed by atoms with Crippen molar-refractivity contribution >= 4 is 11.6 Å². The zero-order chi connectivity index (χ0) is 13.9. The molecule has 1 amide bonds. The minimum absolute atomic E-state index is 0.0552. The second-order valence-corrected chi connectivity index (χ2v) is 3.92. The summed E-state index contributed by atoms with van der Waals surface area (Å²) in [6.45, 7) is 0. The number of H-pyrrole nitrogens is 1. The Hall–Kier alpha value is -3.09. The Labute approximate surface area is 112 Å². The molecule has 7 heteroatoms. The quantitative estimate of drug-likeness (QED) is 0.757. The van der Waals surface area contributed by atoms with Gasteiger partial charge in [-0.1, -0.05) is 5.16 Å². The van der Waals surface area contributed by atoms with E-state index in [0.717, 1.165) is 0 Å². The Bertz CT molecular complexity index is 786. The number of nitrogens with zero attached hydrogens (tertiary/aromatic N) is 1. The molecule has 0 bridgehead atoms. The Morgan fingerprint density at radius 1 is 1.25 bits per heavy atom. The third-order valence-corrected chi connectivity index (χ3v) is 2.57. The van der Waals surface area contributed by atoms with Crippen LogP contribution in [0.25, 0.3) is 11.5 Å². The van der Waals surface area contributed by atoms with Gasteiger partial charge in [-0.05, 0) is 24.3 Å². The molecule has 3 rings (SSSR count). The van der Waals surface area contributed by atoms with Crippen LogP contribution in [-0.4, -0.2) is 16.0 Å². The molecule has 0 aromatic carbocycles. The fourth-order valence-electron chi connectivity index (χ4n) is 1.62. The molecule has 0 fully saturated rings. The number of aromatic amines is 1. The predicted molar refractivity (Wildman–Crippen MR) is 69.2 cm³/mol. The number of hydrogen-bond donors (Lipinski definition) is 2. The molecule has 0 atom stereocenters. The largest absolute Gasteiger partial charge is 0.461 e. The second-order valence-electron chi connectivity index (χ2n) is 3.92. The van der Waals surface area contributed by atoms with Crippen molar-refractivity contribution in [2.75, 3.05) is 5.32 Å². The molecule has 0 aliphatic rings. The maximum absolute atomic E-state index is 11.9. The van der Waals surface area contributed by atoms with Crippen molar-refractivity contribution in [1.82, 2.24) is 10.1 Å². The van der Waals surface area contributed by atoms with Crippen molar-refractivity contribution in [1.29, 1.82) is 0 Å². The highest BCUT2D eigenvalue weighted by Gasteiger charge is 2.16. The molecule has 0 aliphatic heterocycles. The summed E-state index contributed by atoms with van der Waals surface area (Å²) in [7, 11) is 0. The number of anilines is 1. The van der Waals surface area contributed by atoms with Gasteiger partial charge in [0.2, 0.25) is 5.76 Å². The van der Waals surface area contributed by atoms with Gasteiger partial charge in [0, 0.05) is 12.3 Å². The number of amides is 1. The lowest BCUT2D eigenvalue weighted by Gasteiger charge is -1.99. The topological polar surface area (TPSA) is 101 Å². The fourth-order valence-corrected chi connectivity index (χ4v) is 1.62. The lowest BCUT2D eigenvalue weighted by molar-refractivity contribution is 0.101. The van der Waals surface area contributed by atoms with Crippen LogP contribution in [0.15, 0.2) is 56.5 Å². The van der Waals surface area contributed by atoms with Crippen LogP contribution in [0.2, 0.25) is 0 Å². The first kappa shape index (κ1) is 12.0. The molecule has 7 nitrogen and oxygen atoms in total. The Morgan fingerprint density at radius 3 is 2.90 bits per heavy atom. The molecule has 3 aromatic heterocycles. The van der Waals surface area contributed by atoms with E-state index >= 15 is 0 Å². The van der Waals surface area contributed by atoms with E-state index in [4.69, 9.17) is 8.94 Å². The molecule has 100 valence electrons. The van der Waals surface area contributed by atoms with Crippen LogP contribution >= 0.6 is 0 Å². The molecule has 0 radical (unpaired) electrons. The van der Waals surface area contributed by atoms with Crippen molar-refractivity contribution in [2.24, 2.45) is 0 Å². The molecule has 0 spiro atoms. The van der Waals surface area contributed by atoms with E-state index in [2.05, 4.69) is 15.5 Å². The maximum Gasteiger partial charge on any atom is 0.278 e. The highest BCUT2D eigenvalue weighted by atomic mass is 16.5. The molecule has 0 saturated heterocycles. The van der Waals surface area contributed by atoms with Crippen molar-refractivity contribution in [2.45, 2.75) is 0 Å². The van der Waals surface area contributed by atoms with Crippen LogP contribution < -0.4 is 10.9 Å². The summed E-state index contributed by atoms with van der Waals surface area (Å²) < 4.78 is 10.1. The number of furan rings is 1. The van der Waals surface area contributed by atoms with Crippen molar-refractivity contribution in [3.63, 3.8) is 0 Å². The van der Waals surface area contributed by atoms with Crippen LogP contribution in [0.4, 0.5) is 5.69 Å². The minimum atomic E-state index is -0.539. The van der Waals surface area contributed by atoms with Gasteiger partial charge < -0.3 is 19.2 Å². The highest BCUT2D eigenvalue weighted by Crippen LogP contribution is 2.20. The average Bonchev–Trinajstić information content (AvgIpc) is 3.11. The minimum Gasteiger partial charge on any atom is -0.461 e. The van der Waals surface area contributed by atoms with E-state index in [1.54, 1.807) is 18.2 Å². The molecule has 2 N–H and O–H groups in total. The van der Waals surface area contributed by atoms with Gasteiger partial charge >= 0.3 is 0 Å². The monoisotopic (exact) mass is 271 g/mol. The van der Waals surface area contributed by atoms with Gasteiger partial charge in [-0.3, -0.25) is 9.59 Å². The van der Waals surface area contributed by atoms with Gasteiger partial charge in [0.15, 0.2) is 11.5 Å². The van der Waals surface area contributed by atoms with E-state index in [1.165, 1.54) is 24.6 Å². The summed E-state index contributed by atoms with van der Waals surface area (Å²) in [5, 5.41) is 6.09. The number of carbonyl (C=O) groups excluding carboxylic acids is 1. The Kier molecular flexibility index (Phi) is 2.92. The zero-order valence-electron chi connectivity index (χ0n) is 10.1. The number of carbonyl (C=O) groups is 1. The van der Waals surface area contributed by atoms with Crippen LogP contribution in [0, 0.1) is 0 Å². The molecule has 0 unspecified atom stereocenters.